The molecule has 0 aliphatic heterocycles. The quantitative estimate of drug-likeness (QED) is 0.364. The van der Waals surface area contributed by atoms with E-state index in [1.54, 1.807) is 12.1 Å². The first-order valence-electron chi connectivity index (χ1n) is 9.04. The van der Waals surface area contributed by atoms with Crippen LogP contribution in [-0.2, 0) is 9.53 Å². The zero-order chi connectivity index (χ0) is 22.1. The molecule has 8 nitrogen and oxygen atoms in total. The van der Waals surface area contributed by atoms with Gasteiger partial charge in [0.2, 0.25) is 5.91 Å². The van der Waals surface area contributed by atoms with E-state index in [1.165, 1.54) is 38.4 Å². The molecule has 2 N–H and O–H groups in total. The van der Waals surface area contributed by atoms with Gasteiger partial charge in [-0.3, -0.25) is 9.78 Å². The van der Waals surface area contributed by atoms with Crippen LogP contribution in [0.4, 0.5) is 10.2 Å². The highest BCUT2D eigenvalue weighted by atomic mass is 35.5. The van der Waals surface area contributed by atoms with Crippen LogP contribution in [0.15, 0.2) is 42.7 Å². The number of hydrogen-bond donors (Lipinski definition) is 2. The molecular weight excluding hydrogens is 425 g/mol. The number of pyridine rings is 3. The molecule has 4 heterocycles. The first kappa shape index (κ1) is 20.4. The summed E-state index contributed by atoms with van der Waals surface area (Å²) in [6.45, 7) is 1.37. The maximum absolute atomic E-state index is 13.5. The van der Waals surface area contributed by atoms with E-state index < -0.39 is 11.8 Å². The van der Waals surface area contributed by atoms with Crippen LogP contribution in [0.25, 0.3) is 33.5 Å². The highest BCUT2D eigenvalue weighted by Crippen LogP contribution is 2.39. The standard InChI is InChI=1S/C21H15ClFN5O3/c1-10(29)26-16-7-11(5-6-24-16)18-17(14-4-3-12(23)9-25-14)20-19(28-18)13(21(30)31-2)8-15(22)27-20/h3-9,28H,1-2H3,(H,24,26,29). The van der Waals surface area contributed by atoms with Crippen molar-refractivity contribution in [2.45, 2.75) is 6.92 Å². The van der Waals surface area contributed by atoms with Crippen LogP contribution in [-0.4, -0.2) is 38.9 Å². The number of rotatable bonds is 4. The normalized spacial score (nSPS) is 10.8. The highest BCUT2D eigenvalue weighted by Gasteiger charge is 2.23. The van der Waals surface area contributed by atoms with Gasteiger partial charge in [-0.15, -0.1) is 0 Å². The van der Waals surface area contributed by atoms with Crippen molar-refractivity contribution in [3.8, 4) is 22.5 Å². The van der Waals surface area contributed by atoms with Gasteiger partial charge in [0.05, 0.1) is 41.3 Å². The number of methoxy groups -OCH3 is 1. The lowest BCUT2D eigenvalue weighted by Gasteiger charge is -2.07. The predicted octanol–water partition coefficient (Wildman–Crippen LogP) is 4.22. The number of aromatic amines is 1. The van der Waals surface area contributed by atoms with Crippen LogP contribution in [0.5, 0.6) is 0 Å². The molecule has 0 saturated heterocycles. The summed E-state index contributed by atoms with van der Waals surface area (Å²) in [6.07, 6.45) is 2.61. The summed E-state index contributed by atoms with van der Waals surface area (Å²) in [5, 5.41) is 2.70. The Morgan fingerprint density at radius 2 is 2.00 bits per heavy atom. The first-order valence-corrected chi connectivity index (χ1v) is 9.41. The molecule has 1 amide bonds. The van der Waals surface area contributed by atoms with Gasteiger partial charge in [-0.2, -0.15) is 0 Å². The van der Waals surface area contributed by atoms with Crippen molar-refractivity contribution in [3.63, 3.8) is 0 Å². The average molecular weight is 440 g/mol. The molecular formula is C21H15ClFN5O3. The molecule has 0 aliphatic rings. The summed E-state index contributed by atoms with van der Waals surface area (Å²) in [7, 11) is 1.26. The fourth-order valence-electron chi connectivity index (χ4n) is 3.22. The SMILES string of the molecule is COC(=O)c1cc(Cl)nc2c(-c3ccc(F)cn3)c(-c3ccnc(NC(C)=O)c3)[nH]c12. The molecule has 0 radical (unpaired) electrons. The Kier molecular flexibility index (Phi) is 5.35. The van der Waals surface area contributed by atoms with Crippen molar-refractivity contribution < 1.29 is 18.7 Å². The average Bonchev–Trinajstić information content (AvgIpc) is 3.12. The molecule has 4 aromatic heterocycles. The Bertz CT molecular complexity index is 1320. The molecule has 0 bridgehead atoms. The monoisotopic (exact) mass is 439 g/mol. The van der Waals surface area contributed by atoms with Crippen LogP contribution in [0, 0.1) is 5.82 Å². The summed E-state index contributed by atoms with van der Waals surface area (Å²) in [6, 6.07) is 7.53. The third kappa shape index (κ3) is 3.95. The third-order valence-electron chi connectivity index (χ3n) is 4.47. The minimum Gasteiger partial charge on any atom is -0.465 e. The maximum Gasteiger partial charge on any atom is 0.340 e. The lowest BCUT2D eigenvalue weighted by molar-refractivity contribution is -0.114. The molecule has 10 heteroatoms. The molecule has 0 unspecified atom stereocenters. The number of halogens is 2. The Balaban J connectivity index is 2.04. The Hall–Kier alpha value is -3.85. The number of ether oxygens (including phenoxy) is 1. The maximum atomic E-state index is 13.5. The van der Waals surface area contributed by atoms with Gasteiger partial charge >= 0.3 is 5.97 Å². The smallest absolute Gasteiger partial charge is 0.340 e. The van der Waals surface area contributed by atoms with Crippen molar-refractivity contribution >= 4 is 40.3 Å². The van der Waals surface area contributed by atoms with E-state index in [0.29, 0.717) is 39.4 Å². The van der Waals surface area contributed by atoms with E-state index in [1.807, 2.05) is 0 Å². The van der Waals surface area contributed by atoms with Crippen LogP contribution < -0.4 is 5.32 Å². The molecule has 31 heavy (non-hydrogen) atoms. The number of carbonyl (C=O) groups is 2. The van der Waals surface area contributed by atoms with Crippen LogP contribution in [0.3, 0.4) is 0 Å². The summed E-state index contributed by atoms with van der Waals surface area (Å²) < 4.78 is 18.4. The van der Waals surface area contributed by atoms with E-state index in [9.17, 15) is 14.0 Å². The Morgan fingerprint density at radius 1 is 1.19 bits per heavy atom. The number of nitrogens with one attached hydrogen (secondary N) is 2. The van der Waals surface area contributed by atoms with Gasteiger partial charge in [0.25, 0.3) is 0 Å². The summed E-state index contributed by atoms with van der Waals surface area (Å²) in [5.74, 6) is -1.04. The van der Waals surface area contributed by atoms with Gasteiger partial charge in [-0.05, 0) is 30.3 Å². The second-order valence-corrected chi connectivity index (χ2v) is 6.94. The summed E-state index contributed by atoms with van der Waals surface area (Å²) >= 11 is 6.18. The number of fused-ring (bicyclic) bond motifs is 1. The van der Waals surface area contributed by atoms with Crippen molar-refractivity contribution in [2.75, 3.05) is 12.4 Å². The molecule has 0 atom stereocenters. The highest BCUT2D eigenvalue weighted by molar-refractivity contribution is 6.30. The Labute approximate surface area is 180 Å². The second kappa shape index (κ2) is 8.11. The Morgan fingerprint density at radius 3 is 2.68 bits per heavy atom. The van der Waals surface area contributed by atoms with Crippen molar-refractivity contribution in [2.24, 2.45) is 0 Å². The fourth-order valence-corrected chi connectivity index (χ4v) is 3.42. The minimum absolute atomic E-state index is 0.0791. The van der Waals surface area contributed by atoms with Gasteiger partial charge in [-0.25, -0.2) is 19.2 Å². The van der Waals surface area contributed by atoms with Crippen molar-refractivity contribution in [3.05, 3.63) is 59.3 Å². The van der Waals surface area contributed by atoms with E-state index in [2.05, 4.69) is 25.3 Å². The topological polar surface area (TPSA) is 110 Å². The first-order chi connectivity index (χ1) is 14.9. The van der Waals surface area contributed by atoms with Gasteiger partial charge in [0, 0.05) is 18.7 Å². The molecule has 0 fully saturated rings. The largest absolute Gasteiger partial charge is 0.465 e. The van der Waals surface area contributed by atoms with Gasteiger partial charge in [0.1, 0.15) is 22.3 Å². The lowest BCUT2D eigenvalue weighted by Crippen LogP contribution is -2.07. The van der Waals surface area contributed by atoms with Crippen molar-refractivity contribution in [1.29, 1.82) is 0 Å². The molecule has 0 saturated carbocycles. The number of H-pyrrole nitrogens is 1. The molecule has 4 rings (SSSR count). The van der Waals surface area contributed by atoms with E-state index >= 15 is 0 Å². The molecule has 0 aliphatic carbocycles. The van der Waals surface area contributed by atoms with Crippen LogP contribution in [0.2, 0.25) is 5.15 Å². The molecule has 0 spiro atoms. The molecule has 0 aromatic carbocycles. The van der Waals surface area contributed by atoms with E-state index in [0.717, 1.165) is 6.20 Å². The zero-order valence-electron chi connectivity index (χ0n) is 16.4. The van der Waals surface area contributed by atoms with Gasteiger partial charge in [-0.1, -0.05) is 11.6 Å². The molecule has 156 valence electrons. The molecule has 4 aromatic rings. The van der Waals surface area contributed by atoms with E-state index in [-0.39, 0.29) is 16.6 Å². The van der Waals surface area contributed by atoms with Gasteiger partial charge < -0.3 is 15.0 Å². The van der Waals surface area contributed by atoms with E-state index in [4.69, 9.17) is 16.3 Å². The van der Waals surface area contributed by atoms with Crippen LogP contribution >= 0.6 is 11.6 Å². The number of aromatic nitrogens is 4. The number of nitrogens with zero attached hydrogens (tertiary/aromatic N) is 3. The fraction of sp³-hybridized carbons (Fsp3) is 0.0952. The third-order valence-corrected chi connectivity index (χ3v) is 4.66. The van der Waals surface area contributed by atoms with Gasteiger partial charge in [0.15, 0.2) is 0 Å². The number of hydrogen-bond acceptors (Lipinski definition) is 6. The number of esters is 1. The number of amides is 1. The summed E-state index contributed by atoms with van der Waals surface area (Å²) in [5.41, 5.74) is 3.00. The second-order valence-electron chi connectivity index (χ2n) is 6.56. The van der Waals surface area contributed by atoms with Crippen molar-refractivity contribution in [1.82, 2.24) is 19.9 Å². The van der Waals surface area contributed by atoms with Crippen LogP contribution in [0.1, 0.15) is 17.3 Å². The zero-order valence-corrected chi connectivity index (χ0v) is 17.1. The minimum atomic E-state index is -0.602. The number of anilines is 1. The number of carbonyl (C=O) groups excluding carboxylic acids is 2. The predicted molar refractivity (Wildman–Crippen MR) is 113 cm³/mol. The summed E-state index contributed by atoms with van der Waals surface area (Å²) in [4.78, 5) is 39.6. The lowest BCUT2D eigenvalue weighted by atomic mass is 10.0.